The normalized spacial score (nSPS) is 14.6. The van der Waals surface area contributed by atoms with E-state index in [0.717, 1.165) is 12.0 Å². The molecule has 3 nitrogen and oxygen atoms in total. The molecule has 0 heterocycles. The number of halogens is 1. The molecule has 0 bridgehead atoms. The molecular formula is C14H23FN2O. The number of benzene rings is 1. The fourth-order valence-electron chi connectivity index (χ4n) is 1.99. The van der Waals surface area contributed by atoms with Crippen molar-refractivity contribution in [2.75, 3.05) is 20.7 Å². The average Bonchev–Trinajstić information content (AvgIpc) is 2.28. The summed E-state index contributed by atoms with van der Waals surface area (Å²) >= 11 is 0. The lowest BCUT2D eigenvalue weighted by atomic mass is 9.99. The summed E-state index contributed by atoms with van der Waals surface area (Å²) in [5.74, 6) is -0.00886. The smallest absolute Gasteiger partial charge is 0.165 e. The van der Waals surface area contributed by atoms with Gasteiger partial charge in [-0.05, 0) is 52.1 Å². The lowest BCUT2D eigenvalue weighted by Gasteiger charge is -2.26. The minimum Gasteiger partial charge on any atom is -0.491 e. The fraction of sp³-hybridized carbons (Fsp3) is 0.571. The van der Waals surface area contributed by atoms with Gasteiger partial charge < -0.3 is 15.4 Å². The molecule has 2 N–H and O–H groups in total. The van der Waals surface area contributed by atoms with Gasteiger partial charge in [-0.3, -0.25) is 0 Å². The predicted octanol–water partition coefficient (Wildman–Crippen LogP) is 2.56. The Balaban J connectivity index is 2.95. The Hall–Kier alpha value is -1.13. The van der Waals surface area contributed by atoms with Crippen molar-refractivity contribution in [1.82, 2.24) is 4.90 Å². The average molecular weight is 254 g/mol. The molecule has 0 spiro atoms. The molecule has 0 fully saturated rings. The van der Waals surface area contributed by atoms with Crippen LogP contribution in [0.3, 0.4) is 0 Å². The van der Waals surface area contributed by atoms with Gasteiger partial charge in [0.1, 0.15) is 0 Å². The highest BCUT2D eigenvalue weighted by Gasteiger charge is 2.17. The number of nitrogens with two attached hydrogens (primary N) is 1. The maximum Gasteiger partial charge on any atom is 0.165 e. The number of hydrogen-bond acceptors (Lipinski definition) is 3. The Kier molecular flexibility index (Phi) is 5.56. The zero-order valence-corrected chi connectivity index (χ0v) is 11.6. The van der Waals surface area contributed by atoms with Crippen LogP contribution in [0.4, 0.5) is 4.39 Å². The van der Waals surface area contributed by atoms with E-state index in [9.17, 15) is 4.39 Å². The highest BCUT2D eigenvalue weighted by Crippen LogP contribution is 2.27. The van der Waals surface area contributed by atoms with Crippen molar-refractivity contribution in [3.63, 3.8) is 0 Å². The number of hydrogen-bond donors (Lipinski definition) is 1. The summed E-state index contributed by atoms with van der Waals surface area (Å²) in [5.41, 5.74) is 6.77. The zero-order chi connectivity index (χ0) is 13.7. The van der Waals surface area contributed by atoms with Crippen LogP contribution in [0.2, 0.25) is 0 Å². The number of rotatable bonds is 6. The van der Waals surface area contributed by atoms with Crippen molar-refractivity contribution < 1.29 is 9.13 Å². The van der Waals surface area contributed by atoms with Crippen molar-refractivity contribution in [2.45, 2.75) is 32.4 Å². The molecule has 102 valence electrons. The third kappa shape index (κ3) is 3.96. The van der Waals surface area contributed by atoms with E-state index in [-0.39, 0.29) is 17.9 Å². The van der Waals surface area contributed by atoms with Crippen LogP contribution in [0.15, 0.2) is 18.2 Å². The van der Waals surface area contributed by atoms with Gasteiger partial charge in [0, 0.05) is 12.1 Å². The van der Waals surface area contributed by atoms with Crippen LogP contribution < -0.4 is 10.5 Å². The first-order valence-corrected chi connectivity index (χ1v) is 6.30. The van der Waals surface area contributed by atoms with Gasteiger partial charge in [0.15, 0.2) is 11.6 Å². The second-order valence-electron chi connectivity index (χ2n) is 4.82. The molecular weight excluding hydrogens is 231 g/mol. The van der Waals surface area contributed by atoms with E-state index in [1.165, 1.54) is 6.07 Å². The monoisotopic (exact) mass is 254 g/mol. The zero-order valence-electron chi connectivity index (χ0n) is 11.6. The van der Waals surface area contributed by atoms with E-state index < -0.39 is 0 Å². The van der Waals surface area contributed by atoms with Gasteiger partial charge in [-0.1, -0.05) is 6.07 Å². The molecule has 0 aliphatic rings. The molecule has 0 radical (unpaired) electrons. The molecule has 1 rings (SSSR count). The maximum absolute atomic E-state index is 13.8. The highest BCUT2D eigenvalue weighted by atomic mass is 19.1. The highest BCUT2D eigenvalue weighted by molar-refractivity contribution is 5.31. The standard InChI is InChI=1S/C14H23FN2O/c1-5-18-14-7-6-11(9-12(14)15)13(17(3)4)8-10(2)16/h6-7,9-10,13H,5,8,16H2,1-4H3. The Morgan fingerprint density at radius 1 is 1.39 bits per heavy atom. The third-order valence-corrected chi connectivity index (χ3v) is 2.86. The molecule has 1 aromatic carbocycles. The first kappa shape index (κ1) is 14.9. The first-order valence-electron chi connectivity index (χ1n) is 6.30. The van der Waals surface area contributed by atoms with Crippen molar-refractivity contribution in [3.8, 4) is 5.75 Å². The molecule has 0 aliphatic heterocycles. The van der Waals surface area contributed by atoms with Crippen LogP contribution in [-0.2, 0) is 0 Å². The predicted molar refractivity (Wildman–Crippen MR) is 72.3 cm³/mol. The van der Waals surface area contributed by atoms with Gasteiger partial charge in [-0.15, -0.1) is 0 Å². The molecule has 2 atom stereocenters. The summed E-state index contributed by atoms with van der Waals surface area (Å²) in [4.78, 5) is 2.05. The van der Waals surface area contributed by atoms with Gasteiger partial charge in [0.25, 0.3) is 0 Å². The number of ether oxygens (including phenoxy) is 1. The molecule has 2 unspecified atom stereocenters. The van der Waals surface area contributed by atoms with E-state index in [1.54, 1.807) is 6.07 Å². The minimum absolute atomic E-state index is 0.0760. The molecule has 4 heteroatoms. The van der Waals surface area contributed by atoms with Crippen LogP contribution in [0.1, 0.15) is 31.9 Å². The van der Waals surface area contributed by atoms with Crippen molar-refractivity contribution in [1.29, 1.82) is 0 Å². The second-order valence-corrected chi connectivity index (χ2v) is 4.82. The van der Waals surface area contributed by atoms with Gasteiger partial charge >= 0.3 is 0 Å². The van der Waals surface area contributed by atoms with Gasteiger partial charge in [0.05, 0.1) is 6.61 Å². The van der Waals surface area contributed by atoms with Crippen LogP contribution in [0.5, 0.6) is 5.75 Å². The largest absolute Gasteiger partial charge is 0.491 e. The van der Waals surface area contributed by atoms with Gasteiger partial charge in [-0.25, -0.2) is 4.39 Å². The Morgan fingerprint density at radius 2 is 2.06 bits per heavy atom. The summed E-state index contributed by atoms with van der Waals surface area (Å²) in [6.07, 6.45) is 0.792. The van der Waals surface area contributed by atoms with E-state index in [1.807, 2.05) is 34.0 Å². The number of nitrogens with zero attached hydrogens (tertiary/aromatic N) is 1. The molecule has 0 aromatic heterocycles. The van der Waals surface area contributed by atoms with E-state index in [4.69, 9.17) is 10.5 Å². The first-order chi connectivity index (χ1) is 8.45. The molecule has 18 heavy (non-hydrogen) atoms. The quantitative estimate of drug-likeness (QED) is 0.848. The summed E-state index contributed by atoms with van der Waals surface area (Å²) in [7, 11) is 3.95. The second kappa shape index (κ2) is 6.71. The van der Waals surface area contributed by atoms with Crippen molar-refractivity contribution in [2.24, 2.45) is 5.73 Å². The van der Waals surface area contributed by atoms with Gasteiger partial charge in [0.2, 0.25) is 0 Å². The lowest BCUT2D eigenvalue weighted by molar-refractivity contribution is 0.270. The van der Waals surface area contributed by atoms with Crippen molar-refractivity contribution in [3.05, 3.63) is 29.6 Å². The molecule has 1 aromatic rings. The maximum atomic E-state index is 13.8. The van der Waals surface area contributed by atoms with E-state index >= 15 is 0 Å². The summed E-state index contributed by atoms with van der Waals surface area (Å²) < 4.78 is 19.0. The van der Waals surface area contributed by atoms with Crippen LogP contribution >= 0.6 is 0 Å². The lowest BCUT2D eigenvalue weighted by Crippen LogP contribution is -2.27. The van der Waals surface area contributed by atoms with E-state index in [2.05, 4.69) is 4.90 Å². The van der Waals surface area contributed by atoms with Crippen LogP contribution in [0, 0.1) is 5.82 Å². The van der Waals surface area contributed by atoms with E-state index in [0.29, 0.717) is 12.4 Å². The minimum atomic E-state index is -0.314. The Labute approximate surface area is 109 Å². The summed E-state index contributed by atoms with van der Waals surface area (Å²) in [6, 6.07) is 5.33. The fourth-order valence-corrected chi connectivity index (χ4v) is 1.99. The molecule has 0 aliphatic carbocycles. The molecule has 0 amide bonds. The Bertz CT molecular complexity index is 380. The topological polar surface area (TPSA) is 38.5 Å². The van der Waals surface area contributed by atoms with Crippen molar-refractivity contribution >= 4 is 0 Å². The Morgan fingerprint density at radius 3 is 2.50 bits per heavy atom. The van der Waals surface area contributed by atoms with Crippen LogP contribution in [-0.4, -0.2) is 31.6 Å². The molecule has 0 saturated heterocycles. The third-order valence-electron chi connectivity index (χ3n) is 2.86. The summed E-state index contributed by atoms with van der Waals surface area (Å²) in [6.45, 7) is 4.26. The summed E-state index contributed by atoms with van der Waals surface area (Å²) in [5, 5.41) is 0. The SMILES string of the molecule is CCOc1ccc(C(CC(C)N)N(C)C)cc1F. The molecule has 0 saturated carbocycles. The van der Waals surface area contributed by atoms with Crippen LogP contribution in [0.25, 0.3) is 0 Å². The van der Waals surface area contributed by atoms with Gasteiger partial charge in [-0.2, -0.15) is 0 Å².